The quantitative estimate of drug-likeness (QED) is 0.786. The lowest BCUT2D eigenvalue weighted by Crippen LogP contribution is -2.16. The van der Waals surface area contributed by atoms with Crippen molar-refractivity contribution in [2.24, 2.45) is 0 Å². The largest absolute Gasteiger partial charge is 0.317 e. The molecule has 0 amide bonds. The van der Waals surface area contributed by atoms with E-state index in [0.717, 1.165) is 37.4 Å². The minimum atomic E-state index is 0.781. The van der Waals surface area contributed by atoms with Gasteiger partial charge in [0.2, 0.25) is 0 Å². The summed E-state index contributed by atoms with van der Waals surface area (Å²) < 4.78 is 1.89. The molecule has 0 radical (unpaired) electrons. The van der Waals surface area contributed by atoms with Gasteiger partial charge in [-0.3, -0.25) is 0 Å². The summed E-state index contributed by atoms with van der Waals surface area (Å²) in [5.74, 6) is 0.781. The molecule has 2 aromatic heterocycles. The van der Waals surface area contributed by atoms with Gasteiger partial charge in [0.15, 0.2) is 5.82 Å². The zero-order valence-corrected chi connectivity index (χ0v) is 12.6. The topological polar surface area (TPSA) is 55.6 Å². The van der Waals surface area contributed by atoms with E-state index in [1.807, 2.05) is 16.8 Å². The maximum atomic E-state index is 4.59. The van der Waals surface area contributed by atoms with Gasteiger partial charge in [-0.15, -0.1) is 5.10 Å². The van der Waals surface area contributed by atoms with Gasteiger partial charge in [0.05, 0.1) is 5.69 Å². The van der Waals surface area contributed by atoms with E-state index in [1.165, 1.54) is 17.7 Å². The van der Waals surface area contributed by atoms with E-state index in [1.54, 1.807) is 6.20 Å². The maximum absolute atomic E-state index is 4.59. The molecule has 0 aromatic carbocycles. The van der Waals surface area contributed by atoms with Gasteiger partial charge in [0.25, 0.3) is 0 Å². The summed E-state index contributed by atoms with van der Waals surface area (Å²) in [6.07, 6.45) is 5.04. The summed E-state index contributed by atoms with van der Waals surface area (Å²) in [5.41, 5.74) is 3.58. The molecule has 108 valence electrons. The second kappa shape index (κ2) is 7.14. The van der Waals surface area contributed by atoms with E-state index in [2.05, 4.69) is 41.4 Å². The summed E-state index contributed by atoms with van der Waals surface area (Å²) in [5, 5.41) is 16.1. The van der Waals surface area contributed by atoms with Crippen LogP contribution in [0, 0.1) is 13.8 Å². The Labute approximate surface area is 120 Å². The van der Waals surface area contributed by atoms with E-state index < -0.39 is 0 Å². The first kappa shape index (κ1) is 14.7. The Bertz CT molecular complexity index is 533. The van der Waals surface area contributed by atoms with Gasteiger partial charge in [-0.1, -0.05) is 6.92 Å². The number of nitrogens with one attached hydrogen (secondary N) is 1. The standard InChI is InChI=1S/C15H23N5/c1-4-9-16-10-5-7-14-12(2)19-20(13(14)3)15-8-6-11-17-18-15/h6,8,11,16H,4-5,7,9-10H2,1-3H3. The first-order valence-electron chi connectivity index (χ1n) is 7.28. The molecule has 1 N–H and O–H groups in total. The van der Waals surface area contributed by atoms with Gasteiger partial charge in [-0.2, -0.15) is 10.2 Å². The Morgan fingerprint density at radius 3 is 2.80 bits per heavy atom. The van der Waals surface area contributed by atoms with Crippen LogP contribution in [-0.4, -0.2) is 33.1 Å². The lowest BCUT2D eigenvalue weighted by atomic mass is 10.1. The number of aryl methyl sites for hydroxylation is 1. The second-order valence-electron chi connectivity index (χ2n) is 5.00. The summed E-state index contributed by atoms with van der Waals surface area (Å²) in [7, 11) is 0. The Kier molecular flexibility index (Phi) is 5.24. The molecule has 0 saturated heterocycles. The molecule has 0 fully saturated rings. The SMILES string of the molecule is CCCNCCCc1c(C)nn(-c2cccnn2)c1C. The van der Waals surface area contributed by atoms with Crippen molar-refractivity contribution in [2.75, 3.05) is 13.1 Å². The summed E-state index contributed by atoms with van der Waals surface area (Å²) in [6, 6.07) is 3.81. The predicted molar refractivity (Wildman–Crippen MR) is 80.1 cm³/mol. The van der Waals surface area contributed by atoms with Gasteiger partial charge in [0, 0.05) is 11.9 Å². The van der Waals surface area contributed by atoms with E-state index >= 15 is 0 Å². The van der Waals surface area contributed by atoms with Crippen molar-refractivity contribution >= 4 is 0 Å². The molecule has 0 unspecified atom stereocenters. The number of rotatable bonds is 7. The molecule has 0 aliphatic carbocycles. The molecule has 0 atom stereocenters. The smallest absolute Gasteiger partial charge is 0.175 e. The van der Waals surface area contributed by atoms with Crippen LogP contribution >= 0.6 is 0 Å². The fourth-order valence-electron chi connectivity index (χ4n) is 2.36. The van der Waals surface area contributed by atoms with Gasteiger partial charge >= 0.3 is 0 Å². The van der Waals surface area contributed by atoms with Crippen LogP contribution in [-0.2, 0) is 6.42 Å². The fraction of sp³-hybridized carbons (Fsp3) is 0.533. The number of nitrogens with zero attached hydrogens (tertiary/aromatic N) is 4. The zero-order valence-electron chi connectivity index (χ0n) is 12.6. The monoisotopic (exact) mass is 273 g/mol. The average Bonchev–Trinajstić information content (AvgIpc) is 2.75. The molecule has 0 aliphatic heterocycles. The van der Waals surface area contributed by atoms with Crippen LogP contribution in [0.5, 0.6) is 0 Å². The third-order valence-corrected chi connectivity index (χ3v) is 3.42. The minimum Gasteiger partial charge on any atom is -0.317 e. The van der Waals surface area contributed by atoms with Crippen LogP contribution in [0.2, 0.25) is 0 Å². The lowest BCUT2D eigenvalue weighted by Gasteiger charge is -2.05. The Morgan fingerprint density at radius 2 is 2.10 bits per heavy atom. The zero-order chi connectivity index (χ0) is 14.4. The lowest BCUT2D eigenvalue weighted by molar-refractivity contribution is 0.638. The Morgan fingerprint density at radius 1 is 1.25 bits per heavy atom. The summed E-state index contributed by atoms with van der Waals surface area (Å²) >= 11 is 0. The van der Waals surface area contributed by atoms with E-state index in [4.69, 9.17) is 0 Å². The molecule has 0 aliphatic rings. The van der Waals surface area contributed by atoms with Gasteiger partial charge in [-0.05, 0) is 63.9 Å². The highest BCUT2D eigenvalue weighted by Crippen LogP contribution is 2.17. The molecular formula is C15H23N5. The molecule has 0 bridgehead atoms. The number of hydrogen-bond acceptors (Lipinski definition) is 4. The Balaban J connectivity index is 2.06. The van der Waals surface area contributed by atoms with Crippen molar-refractivity contribution in [3.05, 3.63) is 35.3 Å². The highest BCUT2D eigenvalue weighted by molar-refractivity contribution is 5.31. The molecule has 2 rings (SSSR count). The van der Waals surface area contributed by atoms with Gasteiger partial charge < -0.3 is 5.32 Å². The highest BCUT2D eigenvalue weighted by atomic mass is 15.3. The highest BCUT2D eigenvalue weighted by Gasteiger charge is 2.13. The van der Waals surface area contributed by atoms with Crippen molar-refractivity contribution in [3.63, 3.8) is 0 Å². The normalized spacial score (nSPS) is 10.9. The van der Waals surface area contributed by atoms with Crippen LogP contribution in [0.4, 0.5) is 0 Å². The van der Waals surface area contributed by atoms with Crippen molar-refractivity contribution in [1.82, 2.24) is 25.3 Å². The molecule has 2 aromatic rings. The molecule has 0 spiro atoms. The van der Waals surface area contributed by atoms with Crippen molar-refractivity contribution in [2.45, 2.75) is 40.0 Å². The second-order valence-corrected chi connectivity index (χ2v) is 5.00. The van der Waals surface area contributed by atoms with Gasteiger partial charge in [-0.25, -0.2) is 4.68 Å². The van der Waals surface area contributed by atoms with E-state index in [-0.39, 0.29) is 0 Å². The van der Waals surface area contributed by atoms with Gasteiger partial charge in [0.1, 0.15) is 0 Å². The van der Waals surface area contributed by atoms with Crippen LogP contribution in [0.1, 0.15) is 36.7 Å². The van der Waals surface area contributed by atoms with E-state index in [9.17, 15) is 0 Å². The van der Waals surface area contributed by atoms with Crippen molar-refractivity contribution in [1.29, 1.82) is 0 Å². The molecular weight excluding hydrogens is 250 g/mol. The first-order valence-corrected chi connectivity index (χ1v) is 7.28. The number of hydrogen-bond donors (Lipinski definition) is 1. The average molecular weight is 273 g/mol. The Hall–Kier alpha value is -1.75. The van der Waals surface area contributed by atoms with Crippen LogP contribution in [0.3, 0.4) is 0 Å². The molecule has 2 heterocycles. The van der Waals surface area contributed by atoms with Crippen molar-refractivity contribution < 1.29 is 0 Å². The van der Waals surface area contributed by atoms with Crippen LogP contribution in [0.25, 0.3) is 5.82 Å². The third-order valence-electron chi connectivity index (χ3n) is 3.42. The predicted octanol–water partition coefficient (Wildman–Crippen LogP) is 2.21. The summed E-state index contributed by atoms with van der Waals surface area (Å²) in [6.45, 7) is 8.50. The maximum Gasteiger partial charge on any atom is 0.175 e. The molecule has 20 heavy (non-hydrogen) atoms. The van der Waals surface area contributed by atoms with Crippen molar-refractivity contribution in [3.8, 4) is 5.82 Å². The molecule has 5 nitrogen and oxygen atoms in total. The molecule has 5 heteroatoms. The number of aromatic nitrogens is 4. The summed E-state index contributed by atoms with van der Waals surface area (Å²) in [4.78, 5) is 0. The van der Waals surface area contributed by atoms with E-state index in [0.29, 0.717) is 0 Å². The van der Waals surface area contributed by atoms with Crippen LogP contribution in [0.15, 0.2) is 18.3 Å². The third kappa shape index (κ3) is 3.42. The minimum absolute atomic E-state index is 0.781. The van der Waals surface area contributed by atoms with Crippen LogP contribution < -0.4 is 5.32 Å². The fourth-order valence-corrected chi connectivity index (χ4v) is 2.36. The first-order chi connectivity index (χ1) is 9.74. The molecule has 0 saturated carbocycles.